The Morgan fingerprint density at radius 3 is 2.84 bits per heavy atom. The van der Waals surface area contributed by atoms with E-state index in [1.165, 1.54) is 0 Å². The van der Waals surface area contributed by atoms with E-state index in [1.54, 1.807) is 6.20 Å². The molecule has 2 heterocycles. The van der Waals surface area contributed by atoms with Crippen molar-refractivity contribution in [2.24, 2.45) is 0 Å². The molecule has 0 amide bonds. The summed E-state index contributed by atoms with van der Waals surface area (Å²) in [6.07, 6.45) is 3.54. The van der Waals surface area contributed by atoms with Crippen molar-refractivity contribution in [2.45, 2.75) is 19.5 Å². The van der Waals surface area contributed by atoms with E-state index in [9.17, 15) is 0 Å². The second-order valence-electron chi connectivity index (χ2n) is 5.18. The Balaban J connectivity index is 1.69. The van der Waals surface area contributed by atoms with E-state index >= 15 is 0 Å². The number of morpholine rings is 1. The van der Waals surface area contributed by atoms with Crippen LogP contribution in [-0.4, -0.2) is 72.1 Å². The van der Waals surface area contributed by atoms with Crippen LogP contribution in [0.15, 0.2) is 12.4 Å². The summed E-state index contributed by atoms with van der Waals surface area (Å²) < 4.78 is 7.27. The molecular formula is C13H23ClN4O. The van der Waals surface area contributed by atoms with Crippen molar-refractivity contribution in [3.63, 3.8) is 0 Å². The van der Waals surface area contributed by atoms with E-state index in [0.717, 1.165) is 45.9 Å². The summed E-state index contributed by atoms with van der Waals surface area (Å²) >= 11 is 5.85. The lowest BCUT2D eigenvalue weighted by atomic mass is 10.2. The van der Waals surface area contributed by atoms with Crippen LogP contribution in [0, 0.1) is 0 Å². The number of hydrogen-bond acceptors (Lipinski definition) is 4. The van der Waals surface area contributed by atoms with Gasteiger partial charge in [0.25, 0.3) is 0 Å². The molecule has 0 spiro atoms. The van der Waals surface area contributed by atoms with Gasteiger partial charge >= 0.3 is 0 Å². The normalized spacial score (nSPS) is 18.9. The zero-order chi connectivity index (χ0) is 13.7. The SMILES string of the molecule is CC(CN(C)CCn1cc(Cl)cn1)N1CCOCC1. The maximum atomic E-state index is 5.85. The van der Waals surface area contributed by atoms with Gasteiger partial charge in [-0.15, -0.1) is 0 Å². The van der Waals surface area contributed by atoms with Crippen LogP contribution in [0.5, 0.6) is 0 Å². The van der Waals surface area contributed by atoms with Gasteiger partial charge in [-0.05, 0) is 14.0 Å². The molecule has 0 aliphatic carbocycles. The van der Waals surface area contributed by atoms with Gasteiger partial charge in [-0.2, -0.15) is 5.10 Å². The third kappa shape index (κ3) is 4.76. The van der Waals surface area contributed by atoms with Gasteiger partial charge in [0.15, 0.2) is 0 Å². The molecule has 1 unspecified atom stereocenters. The molecule has 0 N–H and O–H groups in total. The number of ether oxygens (including phenoxy) is 1. The first-order chi connectivity index (χ1) is 9.15. The molecule has 0 bridgehead atoms. The summed E-state index contributed by atoms with van der Waals surface area (Å²) in [4.78, 5) is 4.83. The summed E-state index contributed by atoms with van der Waals surface area (Å²) in [6, 6.07) is 0.565. The van der Waals surface area contributed by atoms with Crippen molar-refractivity contribution in [3.8, 4) is 0 Å². The maximum Gasteiger partial charge on any atom is 0.0785 e. The number of likely N-dealkylation sites (N-methyl/N-ethyl adjacent to an activating group) is 1. The van der Waals surface area contributed by atoms with E-state index in [2.05, 4.69) is 28.9 Å². The lowest BCUT2D eigenvalue weighted by Gasteiger charge is -2.34. The van der Waals surface area contributed by atoms with Gasteiger partial charge in [-0.1, -0.05) is 11.6 Å². The lowest BCUT2D eigenvalue weighted by Crippen LogP contribution is -2.47. The predicted octanol–water partition coefficient (Wildman–Crippen LogP) is 1.19. The Bertz CT molecular complexity index is 378. The molecule has 1 fully saturated rings. The van der Waals surface area contributed by atoms with Crippen molar-refractivity contribution < 1.29 is 4.74 Å². The molecule has 1 aromatic rings. The van der Waals surface area contributed by atoms with Crippen LogP contribution in [0.25, 0.3) is 0 Å². The minimum absolute atomic E-state index is 0.565. The zero-order valence-corrected chi connectivity index (χ0v) is 12.5. The molecule has 5 nitrogen and oxygen atoms in total. The van der Waals surface area contributed by atoms with Crippen LogP contribution in [0.1, 0.15) is 6.92 Å². The molecule has 108 valence electrons. The highest BCUT2D eigenvalue weighted by atomic mass is 35.5. The minimum atomic E-state index is 0.565. The number of nitrogens with zero attached hydrogens (tertiary/aromatic N) is 4. The Morgan fingerprint density at radius 1 is 1.47 bits per heavy atom. The summed E-state index contributed by atoms with van der Waals surface area (Å²) in [7, 11) is 2.15. The smallest absolute Gasteiger partial charge is 0.0785 e. The van der Waals surface area contributed by atoms with E-state index in [1.807, 2.05) is 10.9 Å². The average Bonchev–Trinajstić information content (AvgIpc) is 2.83. The quantitative estimate of drug-likeness (QED) is 0.787. The monoisotopic (exact) mass is 286 g/mol. The zero-order valence-electron chi connectivity index (χ0n) is 11.8. The number of aromatic nitrogens is 2. The van der Waals surface area contributed by atoms with Crippen LogP contribution in [0.3, 0.4) is 0 Å². The van der Waals surface area contributed by atoms with Crippen molar-refractivity contribution >= 4 is 11.6 Å². The summed E-state index contributed by atoms with van der Waals surface area (Å²) in [6.45, 7) is 9.01. The van der Waals surface area contributed by atoms with Crippen LogP contribution >= 0.6 is 11.6 Å². The van der Waals surface area contributed by atoms with Crippen molar-refractivity contribution in [1.29, 1.82) is 0 Å². The third-order valence-corrected chi connectivity index (χ3v) is 3.75. The van der Waals surface area contributed by atoms with Crippen molar-refractivity contribution in [1.82, 2.24) is 19.6 Å². The van der Waals surface area contributed by atoms with Gasteiger partial charge in [-0.3, -0.25) is 9.58 Å². The van der Waals surface area contributed by atoms with Crippen LogP contribution < -0.4 is 0 Å². The Morgan fingerprint density at radius 2 is 2.21 bits per heavy atom. The fraction of sp³-hybridized carbons (Fsp3) is 0.769. The highest BCUT2D eigenvalue weighted by molar-refractivity contribution is 6.30. The van der Waals surface area contributed by atoms with Crippen LogP contribution in [0.4, 0.5) is 0 Å². The van der Waals surface area contributed by atoms with E-state index in [0.29, 0.717) is 11.1 Å². The molecular weight excluding hydrogens is 264 g/mol. The lowest BCUT2D eigenvalue weighted by molar-refractivity contribution is 0.0139. The molecule has 0 aromatic carbocycles. The van der Waals surface area contributed by atoms with Crippen molar-refractivity contribution in [3.05, 3.63) is 17.4 Å². The molecule has 1 aliphatic heterocycles. The van der Waals surface area contributed by atoms with Gasteiger partial charge in [0.1, 0.15) is 0 Å². The fourth-order valence-corrected chi connectivity index (χ4v) is 2.57. The first-order valence-corrected chi connectivity index (χ1v) is 7.21. The molecule has 19 heavy (non-hydrogen) atoms. The molecule has 0 saturated carbocycles. The minimum Gasteiger partial charge on any atom is -0.379 e. The van der Waals surface area contributed by atoms with E-state index in [-0.39, 0.29) is 0 Å². The first-order valence-electron chi connectivity index (χ1n) is 6.83. The van der Waals surface area contributed by atoms with E-state index in [4.69, 9.17) is 16.3 Å². The largest absolute Gasteiger partial charge is 0.379 e. The second kappa shape index (κ2) is 7.24. The highest BCUT2D eigenvalue weighted by Crippen LogP contribution is 2.06. The molecule has 0 radical (unpaired) electrons. The Kier molecular flexibility index (Phi) is 5.63. The summed E-state index contributed by atoms with van der Waals surface area (Å²) in [5.41, 5.74) is 0. The molecule has 1 aliphatic rings. The van der Waals surface area contributed by atoms with Gasteiger partial charge in [0.2, 0.25) is 0 Å². The van der Waals surface area contributed by atoms with Gasteiger partial charge in [0.05, 0.1) is 31.0 Å². The molecule has 1 aromatic heterocycles. The van der Waals surface area contributed by atoms with E-state index < -0.39 is 0 Å². The molecule has 1 atom stereocenters. The van der Waals surface area contributed by atoms with Gasteiger partial charge in [0, 0.05) is 38.4 Å². The maximum absolute atomic E-state index is 5.85. The van der Waals surface area contributed by atoms with Crippen LogP contribution in [0.2, 0.25) is 5.02 Å². The first kappa shape index (κ1) is 14.8. The molecule has 6 heteroatoms. The summed E-state index contributed by atoms with van der Waals surface area (Å²) in [5, 5.41) is 4.89. The predicted molar refractivity (Wildman–Crippen MR) is 76.6 cm³/mol. The average molecular weight is 287 g/mol. The Hall–Kier alpha value is -0.620. The number of halogens is 1. The van der Waals surface area contributed by atoms with Gasteiger partial charge < -0.3 is 9.64 Å². The standard InChI is InChI=1S/C13H23ClN4O/c1-12(17-5-7-19-8-6-17)10-16(2)3-4-18-11-13(14)9-15-18/h9,11-12H,3-8,10H2,1-2H3. The number of rotatable bonds is 6. The Labute approximate surface area is 120 Å². The molecule has 1 saturated heterocycles. The molecule has 2 rings (SSSR count). The topological polar surface area (TPSA) is 33.5 Å². The van der Waals surface area contributed by atoms with Crippen LogP contribution in [-0.2, 0) is 11.3 Å². The summed E-state index contributed by atoms with van der Waals surface area (Å²) in [5.74, 6) is 0. The number of hydrogen-bond donors (Lipinski definition) is 0. The second-order valence-corrected chi connectivity index (χ2v) is 5.62. The highest BCUT2D eigenvalue weighted by Gasteiger charge is 2.18. The van der Waals surface area contributed by atoms with Gasteiger partial charge in [-0.25, -0.2) is 0 Å². The fourth-order valence-electron chi connectivity index (χ4n) is 2.41. The third-order valence-electron chi connectivity index (χ3n) is 3.56. The van der Waals surface area contributed by atoms with Crippen molar-refractivity contribution in [2.75, 3.05) is 46.4 Å².